The molecule has 1 saturated heterocycles. The Kier molecular flexibility index (Phi) is 3.82. The van der Waals surface area contributed by atoms with E-state index in [4.69, 9.17) is 16.3 Å². The number of morpholine rings is 1. The summed E-state index contributed by atoms with van der Waals surface area (Å²) in [4.78, 5) is 15.6. The van der Waals surface area contributed by atoms with Crippen LogP contribution in [0.1, 0.15) is 17.4 Å². The Morgan fingerprint density at radius 1 is 1.29 bits per heavy atom. The molecular weight excluding hydrogens is 328 g/mol. The predicted molar refractivity (Wildman–Crippen MR) is 91.2 cm³/mol. The summed E-state index contributed by atoms with van der Waals surface area (Å²) in [5, 5.41) is 4.78. The summed E-state index contributed by atoms with van der Waals surface area (Å²) >= 11 is 6.40. The topological polar surface area (TPSA) is 69.0 Å². The van der Waals surface area contributed by atoms with Gasteiger partial charge in [-0.2, -0.15) is 5.10 Å². The summed E-state index contributed by atoms with van der Waals surface area (Å²) in [6.07, 6.45) is 5.48. The lowest BCUT2D eigenvalue weighted by molar-refractivity contribution is 0.0395. The van der Waals surface area contributed by atoms with Gasteiger partial charge in [0.2, 0.25) is 0 Å². The molecule has 0 aromatic carbocycles. The second-order valence-corrected chi connectivity index (χ2v) is 6.31. The highest BCUT2D eigenvalue weighted by atomic mass is 35.5. The number of hydrogen-bond donors (Lipinski definition) is 0. The number of aryl methyl sites for hydroxylation is 2. The Labute approximate surface area is 144 Å². The molecule has 4 rings (SSSR count). The summed E-state index contributed by atoms with van der Waals surface area (Å²) in [5.41, 5.74) is 3.08. The average Bonchev–Trinajstić information content (AvgIpc) is 3.02. The number of fused-ring (bicyclic) bond motifs is 1. The Morgan fingerprint density at radius 2 is 2.17 bits per heavy atom. The van der Waals surface area contributed by atoms with Gasteiger partial charge < -0.3 is 9.64 Å². The minimum absolute atomic E-state index is 0.0344. The van der Waals surface area contributed by atoms with Crippen molar-refractivity contribution in [3.8, 4) is 0 Å². The van der Waals surface area contributed by atoms with Crippen molar-refractivity contribution in [1.29, 1.82) is 0 Å². The van der Waals surface area contributed by atoms with Crippen LogP contribution in [0.25, 0.3) is 11.2 Å². The molecule has 0 amide bonds. The predicted octanol–water partition coefficient (Wildman–Crippen LogP) is 2.30. The van der Waals surface area contributed by atoms with Crippen LogP contribution >= 0.6 is 11.6 Å². The smallest absolute Gasteiger partial charge is 0.181 e. The Balaban J connectivity index is 1.65. The van der Waals surface area contributed by atoms with Crippen molar-refractivity contribution in [2.75, 3.05) is 24.6 Å². The lowest BCUT2D eigenvalue weighted by Crippen LogP contribution is -2.38. The van der Waals surface area contributed by atoms with Gasteiger partial charge in [0.15, 0.2) is 5.65 Å². The molecule has 1 fully saturated rings. The lowest BCUT2D eigenvalue weighted by Gasteiger charge is -2.33. The van der Waals surface area contributed by atoms with Gasteiger partial charge in [-0.25, -0.2) is 15.0 Å². The zero-order chi connectivity index (χ0) is 16.7. The molecule has 0 bridgehead atoms. The van der Waals surface area contributed by atoms with Crippen molar-refractivity contribution in [1.82, 2.24) is 24.7 Å². The van der Waals surface area contributed by atoms with Crippen molar-refractivity contribution >= 4 is 28.6 Å². The SMILES string of the molecule is Cc1cnc2nc(N3CCOC(c4cnn(C)c4)C3)cc(Cl)c2n1. The molecule has 1 aliphatic heterocycles. The molecule has 0 aliphatic carbocycles. The summed E-state index contributed by atoms with van der Waals surface area (Å²) in [6.45, 7) is 3.96. The van der Waals surface area contributed by atoms with Crippen LogP contribution in [0, 0.1) is 6.92 Å². The first-order valence-corrected chi connectivity index (χ1v) is 8.13. The van der Waals surface area contributed by atoms with Gasteiger partial charge in [-0.3, -0.25) is 4.68 Å². The maximum atomic E-state index is 6.40. The summed E-state index contributed by atoms with van der Waals surface area (Å²) in [5.74, 6) is 0.794. The van der Waals surface area contributed by atoms with Crippen molar-refractivity contribution in [2.24, 2.45) is 7.05 Å². The fourth-order valence-electron chi connectivity index (χ4n) is 2.86. The standard InChI is InChI=1S/C16H17ClN6O/c1-10-6-18-16-15(20-10)12(17)5-14(21-16)23-3-4-24-13(9-23)11-7-19-22(2)8-11/h5-8,13H,3-4,9H2,1-2H3. The van der Waals surface area contributed by atoms with Gasteiger partial charge in [-0.1, -0.05) is 11.6 Å². The van der Waals surface area contributed by atoms with Crippen LogP contribution < -0.4 is 4.90 Å². The van der Waals surface area contributed by atoms with Crippen LogP contribution in [0.5, 0.6) is 0 Å². The van der Waals surface area contributed by atoms with E-state index < -0.39 is 0 Å². The Morgan fingerprint density at radius 3 is 2.96 bits per heavy atom. The number of hydrogen-bond acceptors (Lipinski definition) is 6. The number of pyridine rings is 1. The van der Waals surface area contributed by atoms with E-state index in [1.165, 1.54) is 0 Å². The van der Waals surface area contributed by atoms with Crippen molar-refractivity contribution in [3.05, 3.63) is 40.9 Å². The van der Waals surface area contributed by atoms with E-state index in [0.717, 1.165) is 23.6 Å². The molecule has 0 radical (unpaired) electrons. The molecule has 8 heteroatoms. The number of halogens is 1. The van der Waals surface area contributed by atoms with Gasteiger partial charge in [0, 0.05) is 38.0 Å². The third-order valence-corrected chi connectivity index (χ3v) is 4.35. The molecule has 24 heavy (non-hydrogen) atoms. The van der Waals surface area contributed by atoms with E-state index >= 15 is 0 Å². The quantitative estimate of drug-likeness (QED) is 0.710. The van der Waals surface area contributed by atoms with Gasteiger partial charge in [0.05, 0.1) is 29.7 Å². The van der Waals surface area contributed by atoms with Crippen molar-refractivity contribution in [3.63, 3.8) is 0 Å². The molecule has 1 atom stereocenters. The van der Waals surface area contributed by atoms with Gasteiger partial charge >= 0.3 is 0 Å². The molecule has 0 saturated carbocycles. The Hall–Kier alpha value is -2.25. The van der Waals surface area contributed by atoms with Crippen LogP contribution in [0.4, 0.5) is 5.82 Å². The van der Waals surface area contributed by atoms with Crippen LogP contribution in [-0.4, -0.2) is 44.4 Å². The van der Waals surface area contributed by atoms with Crippen molar-refractivity contribution < 1.29 is 4.74 Å². The van der Waals surface area contributed by atoms with E-state index in [1.54, 1.807) is 10.9 Å². The highest BCUT2D eigenvalue weighted by Gasteiger charge is 2.24. The molecule has 1 unspecified atom stereocenters. The van der Waals surface area contributed by atoms with Gasteiger partial charge in [-0.05, 0) is 6.92 Å². The van der Waals surface area contributed by atoms with E-state index in [9.17, 15) is 0 Å². The highest BCUT2D eigenvalue weighted by Crippen LogP contribution is 2.28. The summed E-state index contributed by atoms with van der Waals surface area (Å²) in [7, 11) is 1.90. The summed E-state index contributed by atoms with van der Waals surface area (Å²) < 4.78 is 7.66. The second-order valence-electron chi connectivity index (χ2n) is 5.90. The minimum atomic E-state index is -0.0344. The summed E-state index contributed by atoms with van der Waals surface area (Å²) in [6, 6.07) is 1.85. The highest BCUT2D eigenvalue weighted by molar-refractivity contribution is 6.35. The molecule has 4 heterocycles. The zero-order valence-electron chi connectivity index (χ0n) is 13.5. The van der Waals surface area contributed by atoms with Crippen LogP contribution in [0.2, 0.25) is 5.02 Å². The van der Waals surface area contributed by atoms with E-state index in [1.807, 2.05) is 32.4 Å². The number of anilines is 1. The largest absolute Gasteiger partial charge is 0.370 e. The number of aromatic nitrogens is 5. The van der Waals surface area contributed by atoms with Crippen LogP contribution in [-0.2, 0) is 11.8 Å². The zero-order valence-corrected chi connectivity index (χ0v) is 14.2. The molecule has 1 aliphatic rings. The third kappa shape index (κ3) is 2.81. The molecule has 3 aromatic rings. The van der Waals surface area contributed by atoms with Gasteiger partial charge in [-0.15, -0.1) is 0 Å². The first-order chi connectivity index (χ1) is 11.6. The number of ether oxygens (including phenoxy) is 1. The van der Waals surface area contributed by atoms with E-state index in [0.29, 0.717) is 29.3 Å². The maximum absolute atomic E-state index is 6.40. The monoisotopic (exact) mass is 344 g/mol. The normalized spacial score (nSPS) is 18.3. The lowest BCUT2D eigenvalue weighted by atomic mass is 10.1. The first-order valence-electron chi connectivity index (χ1n) is 7.75. The fraction of sp³-hybridized carbons (Fsp3) is 0.375. The first kappa shape index (κ1) is 15.3. The van der Waals surface area contributed by atoms with Crippen LogP contribution in [0.15, 0.2) is 24.7 Å². The molecular formula is C16H17ClN6O. The fourth-order valence-corrected chi connectivity index (χ4v) is 3.09. The van der Waals surface area contributed by atoms with Crippen molar-refractivity contribution in [2.45, 2.75) is 13.0 Å². The maximum Gasteiger partial charge on any atom is 0.181 e. The van der Waals surface area contributed by atoms with Crippen LogP contribution in [0.3, 0.4) is 0 Å². The third-order valence-electron chi connectivity index (χ3n) is 4.06. The molecule has 0 spiro atoms. The average molecular weight is 345 g/mol. The molecule has 0 N–H and O–H groups in total. The molecule has 124 valence electrons. The Bertz CT molecular complexity index is 895. The minimum Gasteiger partial charge on any atom is -0.370 e. The van der Waals surface area contributed by atoms with Gasteiger partial charge in [0.1, 0.15) is 17.4 Å². The van der Waals surface area contributed by atoms with E-state index in [2.05, 4.69) is 25.0 Å². The second kappa shape index (κ2) is 5.99. The molecule has 7 nitrogen and oxygen atoms in total. The van der Waals surface area contributed by atoms with Gasteiger partial charge in [0.25, 0.3) is 0 Å². The molecule has 3 aromatic heterocycles. The number of nitrogens with zero attached hydrogens (tertiary/aromatic N) is 6. The van der Waals surface area contributed by atoms with E-state index in [-0.39, 0.29) is 6.10 Å². The number of rotatable bonds is 2.